The fourth-order valence-electron chi connectivity index (χ4n) is 1.99. The summed E-state index contributed by atoms with van der Waals surface area (Å²) in [5.74, 6) is -0.406. The lowest BCUT2D eigenvalue weighted by atomic mass is 10.1. The van der Waals surface area contributed by atoms with Crippen molar-refractivity contribution < 1.29 is 19.3 Å². The van der Waals surface area contributed by atoms with Crippen LogP contribution < -0.4 is 0 Å². The second-order valence-electron chi connectivity index (χ2n) is 3.91. The SMILES string of the molecule is CCC1(CC)OC[C@H]([C@@H]2O[C@H]2CO)O1. The van der Waals surface area contributed by atoms with Crippen molar-refractivity contribution in [2.24, 2.45) is 0 Å². The summed E-state index contributed by atoms with van der Waals surface area (Å²) in [5, 5.41) is 8.86. The summed E-state index contributed by atoms with van der Waals surface area (Å²) in [4.78, 5) is 0. The zero-order valence-corrected chi connectivity index (χ0v) is 8.73. The van der Waals surface area contributed by atoms with Gasteiger partial charge < -0.3 is 19.3 Å². The average Bonchev–Trinajstić information content (AvgIpc) is 2.90. The molecule has 2 aliphatic heterocycles. The van der Waals surface area contributed by atoms with Crippen molar-refractivity contribution in [2.75, 3.05) is 13.2 Å². The predicted octanol–water partition coefficient (Wildman–Crippen LogP) is 0.678. The van der Waals surface area contributed by atoms with Crippen LogP contribution in [0.5, 0.6) is 0 Å². The normalized spacial score (nSPS) is 40.1. The number of hydrogen-bond acceptors (Lipinski definition) is 4. The quantitative estimate of drug-likeness (QED) is 0.681. The Balaban J connectivity index is 1.88. The summed E-state index contributed by atoms with van der Waals surface area (Å²) in [6.45, 7) is 4.78. The Hall–Kier alpha value is -0.160. The van der Waals surface area contributed by atoms with Crippen LogP contribution in [0.2, 0.25) is 0 Å². The fraction of sp³-hybridized carbons (Fsp3) is 1.00. The highest BCUT2D eigenvalue weighted by Crippen LogP contribution is 2.37. The van der Waals surface area contributed by atoms with Crippen molar-refractivity contribution in [1.29, 1.82) is 0 Å². The lowest BCUT2D eigenvalue weighted by Gasteiger charge is -2.24. The van der Waals surface area contributed by atoms with Gasteiger partial charge in [-0.2, -0.15) is 0 Å². The van der Waals surface area contributed by atoms with Gasteiger partial charge >= 0.3 is 0 Å². The predicted molar refractivity (Wildman–Crippen MR) is 49.9 cm³/mol. The van der Waals surface area contributed by atoms with E-state index in [2.05, 4.69) is 13.8 Å². The van der Waals surface area contributed by atoms with Gasteiger partial charge in [-0.15, -0.1) is 0 Å². The standard InChI is InChI=1S/C10H18O4/c1-3-10(4-2)12-6-8(14-10)9-7(5-11)13-9/h7-9,11H,3-6H2,1-2H3/t7-,8+,9+/m0/s1. The molecule has 2 saturated heterocycles. The van der Waals surface area contributed by atoms with Gasteiger partial charge in [0, 0.05) is 0 Å². The van der Waals surface area contributed by atoms with E-state index in [-0.39, 0.29) is 24.9 Å². The van der Waals surface area contributed by atoms with Gasteiger partial charge in [-0.25, -0.2) is 0 Å². The Kier molecular flexibility index (Phi) is 2.79. The van der Waals surface area contributed by atoms with Crippen molar-refractivity contribution in [2.45, 2.75) is 50.8 Å². The smallest absolute Gasteiger partial charge is 0.168 e. The molecule has 82 valence electrons. The molecular formula is C10H18O4. The van der Waals surface area contributed by atoms with Gasteiger partial charge in [-0.1, -0.05) is 13.8 Å². The van der Waals surface area contributed by atoms with Crippen molar-refractivity contribution in [3.05, 3.63) is 0 Å². The van der Waals surface area contributed by atoms with Crippen LogP contribution in [0.15, 0.2) is 0 Å². The van der Waals surface area contributed by atoms with Crippen molar-refractivity contribution >= 4 is 0 Å². The first-order valence-corrected chi connectivity index (χ1v) is 5.32. The molecule has 0 unspecified atom stereocenters. The minimum Gasteiger partial charge on any atom is -0.394 e. The summed E-state index contributed by atoms with van der Waals surface area (Å²) < 4.78 is 16.8. The Bertz CT molecular complexity index is 202. The van der Waals surface area contributed by atoms with Crippen LogP contribution in [0.1, 0.15) is 26.7 Å². The van der Waals surface area contributed by atoms with Gasteiger partial charge in [-0.05, 0) is 12.8 Å². The molecule has 0 aromatic heterocycles. The number of aliphatic hydroxyl groups excluding tert-OH is 1. The van der Waals surface area contributed by atoms with E-state index in [0.29, 0.717) is 6.61 Å². The first-order chi connectivity index (χ1) is 6.74. The number of hydrogen-bond donors (Lipinski definition) is 1. The molecule has 0 spiro atoms. The average molecular weight is 202 g/mol. The van der Waals surface area contributed by atoms with Crippen molar-refractivity contribution in [3.8, 4) is 0 Å². The first kappa shape index (κ1) is 10.4. The molecule has 0 bridgehead atoms. The van der Waals surface area contributed by atoms with E-state index < -0.39 is 5.79 Å². The minimum absolute atomic E-state index is 0.00653. The monoisotopic (exact) mass is 202 g/mol. The molecule has 3 atom stereocenters. The summed E-state index contributed by atoms with van der Waals surface area (Å²) in [7, 11) is 0. The molecule has 14 heavy (non-hydrogen) atoms. The maximum absolute atomic E-state index is 8.86. The Morgan fingerprint density at radius 2 is 2.07 bits per heavy atom. The number of epoxide rings is 1. The lowest BCUT2D eigenvalue weighted by Crippen LogP contribution is -2.30. The topological polar surface area (TPSA) is 51.2 Å². The van der Waals surface area contributed by atoms with Crippen LogP contribution >= 0.6 is 0 Å². The first-order valence-electron chi connectivity index (χ1n) is 5.32. The third kappa shape index (κ3) is 1.67. The molecule has 2 rings (SSSR count). The molecule has 4 heteroatoms. The maximum atomic E-state index is 8.86. The third-order valence-electron chi connectivity index (χ3n) is 3.12. The molecule has 4 nitrogen and oxygen atoms in total. The molecule has 2 aliphatic rings. The summed E-state index contributed by atoms with van der Waals surface area (Å²) in [6, 6.07) is 0. The van der Waals surface area contributed by atoms with E-state index in [1.54, 1.807) is 0 Å². The van der Waals surface area contributed by atoms with E-state index >= 15 is 0 Å². The molecule has 1 N–H and O–H groups in total. The molecule has 0 amide bonds. The van der Waals surface area contributed by atoms with Crippen LogP contribution in [0.3, 0.4) is 0 Å². The highest BCUT2D eigenvalue weighted by molar-refractivity contribution is 4.94. The van der Waals surface area contributed by atoms with Gasteiger partial charge in [0.15, 0.2) is 5.79 Å². The van der Waals surface area contributed by atoms with E-state index in [0.717, 1.165) is 12.8 Å². The van der Waals surface area contributed by atoms with Crippen LogP contribution in [-0.2, 0) is 14.2 Å². The summed E-state index contributed by atoms with van der Waals surface area (Å²) in [5.41, 5.74) is 0. The molecular weight excluding hydrogens is 184 g/mol. The van der Waals surface area contributed by atoms with E-state index in [1.165, 1.54) is 0 Å². The van der Waals surface area contributed by atoms with Gasteiger partial charge in [0.05, 0.1) is 13.2 Å². The molecule has 0 aliphatic carbocycles. The second kappa shape index (κ2) is 3.77. The van der Waals surface area contributed by atoms with Gasteiger partial charge in [0.2, 0.25) is 0 Å². The van der Waals surface area contributed by atoms with Crippen LogP contribution in [0, 0.1) is 0 Å². The van der Waals surface area contributed by atoms with E-state index in [1.807, 2.05) is 0 Å². The van der Waals surface area contributed by atoms with Gasteiger partial charge in [0.25, 0.3) is 0 Å². The molecule has 0 aromatic carbocycles. The van der Waals surface area contributed by atoms with Crippen LogP contribution in [-0.4, -0.2) is 42.4 Å². The zero-order chi connectivity index (χ0) is 10.2. The second-order valence-corrected chi connectivity index (χ2v) is 3.91. The Labute approximate surface area is 84.1 Å². The Morgan fingerprint density at radius 1 is 1.36 bits per heavy atom. The molecule has 2 heterocycles. The highest BCUT2D eigenvalue weighted by atomic mass is 16.8. The highest BCUT2D eigenvalue weighted by Gasteiger charge is 2.51. The van der Waals surface area contributed by atoms with E-state index in [9.17, 15) is 0 Å². The zero-order valence-electron chi connectivity index (χ0n) is 8.73. The number of rotatable bonds is 4. The van der Waals surface area contributed by atoms with Gasteiger partial charge in [-0.3, -0.25) is 0 Å². The van der Waals surface area contributed by atoms with Crippen molar-refractivity contribution in [1.82, 2.24) is 0 Å². The third-order valence-corrected chi connectivity index (χ3v) is 3.12. The maximum Gasteiger partial charge on any atom is 0.168 e. The lowest BCUT2D eigenvalue weighted by molar-refractivity contribution is -0.173. The Morgan fingerprint density at radius 3 is 2.50 bits per heavy atom. The fourth-order valence-corrected chi connectivity index (χ4v) is 1.99. The minimum atomic E-state index is -0.406. The van der Waals surface area contributed by atoms with E-state index in [4.69, 9.17) is 19.3 Å². The summed E-state index contributed by atoms with van der Waals surface area (Å²) >= 11 is 0. The van der Waals surface area contributed by atoms with Gasteiger partial charge in [0.1, 0.15) is 18.3 Å². The number of ether oxygens (including phenoxy) is 3. The molecule has 0 radical (unpaired) electrons. The molecule has 0 aromatic rings. The molecule has 2 fully saturated rings. The number of aliphatic hydroxyl groups is 1. The largest absolute Gasteiger partial charge is 0.394 e. The van der Waals surface area contributed by atoms with Crippen LogP contribution in [0.4, 0.5) is 0 Å². The van der Waals surface area contributed by atoms with Crippen molar-refractivity contribution in [3.63, 3.8) is 0 Å². The molecule has 0 saturated carbocycles. The van der Waals surface area contributed by atoms with Crippen LogP contribution in [0.25, 0.3) is 0 Å². The summed E-state index contributed by atoms with van der Waals surface area (Å²) in [6.07, 6.45) is 1.73.